The van der Waals surface area contributed by atoms with Crippen molar-refractivity contribution < 1.29 is 8.42 Å². The summed E-state index contributed by atoms with van der Waals surface area (Å²) in [6.07, 6.45) is 2.95. The fourth-order valence-corrected chi connectivity index (χ4v) is 2.70. The zero-order chi connectivity index (χ0) is 13.3. The molecule has 102 valence electrons. The molecule has 0 bridgehead atoms. The summed E-state index contributed by atoms with van der Waals surface area (Å²) in [6, 6.07) is 2.48. The maximum absolute atomic E-state index is 11.2. The first-order valence-electron chi connectivity index (χ1n) is 6.08. The molecule has 0 radical (unpaired) electrons. The number of rotatable bonds is 4. The van der Waals surface area contributed by atoms with E-state index in [-0.39, 0.29) is 6.04 Å². The molecule has 1 aliphatic rings. The zero-order valence-corrected chi connectivity index (χ0v) is 11.8. The molecule has 1 atom stereocenters. The summed E-state index contributed by atoms with van der Waals surface area (Å²) in [5, 5.41) is 4.29. The Morgan fingerprint density at radius 1 is 1.56 bits per heavy atom. The maximum atomic E-state index is 11.2. The average Bonchev–Trinajstić information content (AvgIpc) is 2.72. The predicted octanol–water partition coefficient (Wildman–Crippen LogP) is 0.197. The molecule has 6 nitrogen and oxygen atoms in total. The van der Waals surface area contributed by atoms with Gasteiger partial charge in [0.1, 0.15) is 0 Å². The summed E-state index contributed by atoms with van der Waals surface area (Å²) in [5.41, 5.74) is 1.13. The van der Waals surface area contributed by atoms with Crippen LogP contribution in [0.5, 0.6) is 0 Å². The summed E-state index contributed by atoms with van der Waals surface area (Å²) in [5.74, 6) is 0. The van der Waals surface area contributed by atoms with Gasteiger partial charge in [0.2, 0.25) is 10.0 Å². The predicted molar refractivity (Wildman–Crippen MR) is 69.7 cm³/mol. The van der Waals surface area contributed by atoms with Crippen molar-refractivity contribution in [3.05, 3.63) is 18.0 Å². The lowest BCUT2D eigenvalue weighted by Crippen LogP contribution is -2.45. The molecule has 0 amide bonds. The summed E-state index contributed by atoms with van der Waals surface area (Å²) in [4.78, 5) is 2.33. The Bertz CT molecular complexity index is 509. The second kappa shape index (κ2) is 4.99. The van der Waals surface area contributed by atoms with Crippen molar-refractivity contribution in [2.75, 3.05) is 19.3 Å². The van der Waals surface area contributed by atoms with E-state index in [1.54, 1.807) is 6.20 Å². The highest BCUT2D eigenvalue weighted by Crippen LogP contribution is 2.21. The molecule has 18 heavy (non-hydrogen) atoms. The molecular formula is C11H20N4O2S. The number of hydrogen-bond donors (Lipinski definition) is 1. The van der Waals surface area contributed by atoms with E-state index in [2.05, 4.69) is 28.6 Å². The van der Waals surface area contributed by atoms with Crippen LogP contribution in [-0.4, -0.2) is 48.5 Å². The van der Waals surface area contributed by atoms with Gasteiger partial charge in [-0.05, 0) is 19.9 Å². The van der Waals surface area contributed by atoms with Crippen LogP contribution in [0.1, 0.15) is 25.6 Å². The van der Waals surface area contributed by atoms with Crippen molar-refractivity contribution in [1.82, 2.24) is 19.4 Å². The third-order valence-corrected chi connectivity index (χ3v) is 3.91. The number of sulfonamides is 1. The molecule has 2 rings (SSSR count). The van der Waals surface area contributed by atoms with Crippen LogP contribution in [0.2, 0.25) is 0 Å². The highest BCUT2D eigenvalue weighted by Gasteiger charge is 2.27. The molecule has 1 N–H and O–H groups in total. The van der Waals surface area contributed by atoms with Crippen molar-refractivity contribution >= 4 is 10.0 Å². The van der Waals surface area contributed by atoms with Gasteiger partial charge in [-0.3, -0.25) is 9.58 Å². The Kier molecular flexibility index (Phi) is 3.74. The van der Waals surface area contributed by atoms with E-state index >= 15 is 0 Å². The standard InChI is InChI=1S/C11H20N4O2S/c1-9(2)14-7-10-4-5-12-15(10)11(8-14)6-13-18(3,16)17/h4-5,9,11,13H,6-8H2,1-3H3/t11-/m0/s1. The summed E-state index contributed by atoms with van der Waals surface area (Å²) in [7, 11) is -3.16. The molecule has 0 unspecified atom stereocenters. The molecule has 0 saturated carbocycles. The Hall–Kier alpha value is -0.920. The minimum atomic E-state index is -3.16. The van der Waals surface area contributed by atoms with Crippen LogP contribution in [-0.2, 0) is 16.6 Å². The van der Waals surface area contributed by atoms with Crippen LogP contribution in [0, 0.1) is 0 Å². The van der Waals surface area contributed by atoms with Gasteiger partial charge in [-0.25, -0.2) is 13.1 Å². The first-order valence-corrected chi connectivity index (χ1v) is 7.97. The molecule has 1 aliphatic heterocycles. The van der Waals surface area contributed by atoms with Crippen LogP contribution in [0.3, 0.4) is 0 Å². The lowest BCUT2D eigenvalue weighted by molar-refractivity contribution is 0.140. The maximum Gasteiger partial charge on any atom is 0.208 e. The minimum Gasteiger partial charge on any atom is -0.293 e. The van der Waals surface area contributed by atoms with Gasteiger partial charge in [0.25, 0.3) is 0 Å². The molecule has 1 aromatic rings. The third kappa shape index (κ3) is 3.09. The van der Waals surface area contributed by atoms with E-state index in [1.165, 1.54) is 6.26 Å². The normalized spacial score (nSPS) is 21.2. The van der Waals surface area contributed by atoms with E-state index in [9.17, 15) is 8.42 Å². The van der Waals surface area contributed by atoms with E-state index in [4.69, 9.17) is 0 Å². The fraction of sp³-hybridized carbons (Fsp3) is 0.727. The van der Waals surface area contributed by atoms with E-state index < -0.39 is 10.0 Å². The Labute approximate surface area is 108 Å². The highest BCUT2D eigenvalue weighted by atomic mass is 32.2. The largest absolute Gasteiger partial charge is 0.293 e. The van der Waals surface area contributed by atoms with Gasteiger partial charge in [0, 0.05) is 31.9 Å². The van der Waals surface area contributed by atoms with Crippen molar-refractivity contribution in [2.45, 2.75) is 32.5 Å². The second-order valence-electron chi connectivity index (χ2n) is 5.06. The number of nitrogens with one attached hydrogen (secondary N) is 1. The number of hydrogen-bond acceptors (Lipinski definition) is 4. The van der Waals surface area contributed by atoms with Gasteiger partial charge >= 0.3 is 0 Å². The zero-order valence-electron chi connectivity index (χ0n) is 11.0. The van der Waals surface area contributed by atoms with E-state index in [0.717, 1.165) is 18.8 Å². The van der Waals surface area contributed by atoms with Crippen LogP contribution in [0.4, 0.5) is 0 Å². The van der Waals surface area contributed by atoms with Crippen LogP contribution in [0.25, 0.3) is 0 Å². The van der Waals surface area contributed by atoms with Gasteiger partial charge in [0.15, 0.2) is 0 Å². The van der Waals surface area contributed by atoms with E-state index in [1.807, 2.05) is 10.7 Å². The molecule has 0 spiro atoms. The smallest absolute Gasteiger partial charge is 0.208 e. The van der Waals surface area contributed by atoms with Gasteiger partial charge in [0.05, 0.1) is 18.0 Å². The molecule has 7 heteroatoms. The molecule has 0 saturated heterocycles. The van der Waals surface area contributed by atoms with Gasteiger partial charge in [-0.15, -0.1) is 0 Å². The second-order valence-corrected chi connectivity index (χ2v) is 6.90. The molecule has 2 heterocycles. The quantitative estimate of drug-likeness (QED) is 0.850. The summed E-state index contributed by atoms with van der Waals surface area (Å²) < 4.78 is 26.9. The van der Waals surface area contributed by atoms with Gasteiger partial charge in [-0.2, -0.15) is 5.10 Å². The molecule has 1 aromatic heterocycles. The number of fused-ring (bicyclic) bond motifs is 1. The molecule has 0 fully saturated rings. The average molecular weight is 272 g/mol. The third-order valence-electron chi connectivity index (χ3n) is 3.22. The molecular weight excluding hydrogens is 252 g/mol. The van der Waals surface area contributed by atoms with Crippen molar-refractivity contribution in [3.8, 4) is 0 Å². The lowest BCUT2D eigenvalue weighted by Gasteiger charge is -2.36. The Balaban J connectivity index is 2.14. The first kappa shape index (κ1) is 13.5. The van der Waals surface area contributed by atoms with Crippen molar-refractivity contribution in [1.29, 1.82) is 0 Å². The molecule has 0 aliphatic carbocycles. The first-order chi connectivity index (χ1) is 8.37. The minimum absolute atomic E-state index is 0.0564. The SMILES string of the molecule is CC(C)N1Cc2ccnn2[C@@H](CNS(C)(=O)=O)C1. The van der Waals surface area contributed by atoms with Gasteiger partial charge < -0.3 is 0 Å². The Morgan fingerprint density at radius 3 is 2.89 bits per heavy atom. The van der Waals surface area contributed by atoms with Gasteiger partial charge in [-0.1, -0.05) is 0 Å². The summed E-state index contributed by atoms with van der Waals surface area (Å²) in [6.45, 7) is 6.36. The van der Waals surface area contributed by atoms with Crippen LogP contribution < -0.4 is 4.72 Å². The monoisotopic (exact) mass is 272 g/mol. The highest BCUT2D eigenvalue weighted by molar-refractivity contribution is 7.88. The van der Waals surface area contributed by atoms with Crippen molar-refractivity contribution in [2.24, 2.45) is 0 Å². The van der Waals surface area contributed by atoms with Crippen molar-refractivity contribution in [3.63, 3.8) is 0 Å². The number of aromatic nitrogens is 2. The fourth-order valence-electron chi connectivity index (χ4n) is 2.21. The van der Waals surface area contributed by atoms with Crippen LogP contribution >= 0.6 is 0 Å². The molecule has 0 aromatic carbocycles. The topological polar surface area (TPSA) is 67.2 Å². The van der Waals surface area contributed by atoms with E-state index in [0.29, 0.717) is 12.6 Å². The number of nitrogens with zero attached hydrogens (tertiary/aromatic N) is 3. The Morgan fingerprint density at radius 2 is 2.28 bits per heavy atom. The van der Waals surface area contributed by atoms with Crippen LogP contribution in [0.15, 0.2) is 12.3 Å². The summed E-state index contributed by atoms with van der Waals surface area (Å²) >= 11 is 0. The lowest BCUT2D eigenvalue weighted by atomic mass is 10.1.